The van der Waals surface area contributed by atoms with E-state index in [2.05, 4.69) is 5.32 Å². The van der Waals surface area contributed by atoms with E-state index in [0.717, 1.165) is 33.8 Å². The van der Waals surface area contributed by atoms with Crippen LogP contribution in [0.3, 0.4) is 0 Å². The van der Waals surface area contributed by atoms with Crippen molar-refractivity contribution in [2.24, 2.45) is 0 Å². The number of carbonyl (C=O) groups is 2. The van der Waals surface area contributed by atoms with Crippen LogP contribution in [0.5, 0.6) is 0 Å². The van der Waals surface area contributed by atoms with Gasteiger partial charge in [0.25, 0.3) is 10.0 Å². The maximum absolute atomic E-state index is 13.9. The van der Waals surface area contributed by atoms with Crippen LogP contribution in [0.25, 0.3) is 0 Å². The molecule has 3 rings (SSSR count). The largest absolute Gasteiger partial charge is 0.354 e. The number of hydrogen-bond donors (Lipinski definition) is 1. The van der Waals surface area contributed by atoms with E-state index in [1.807, 2.05) is 33.8 Å². The number of sulfonamides is 1. The minimum Gasteiger partial charge on any atom is -0.354 e. The van der Waals surface area contributed by atoms with Gasteiger partial charge in [0.05, 0.1) is 10.6 Å². The van der Waals surface area contributed by atoms with Crippen LogP contribution in [0.2, 0.25) is 0 Å². The van der Waals surface area contributed by atoms with Gasteiger partial charge < -0.3 is 10.2 Å². The molecule has 1 atom stereocenters. The second-order valence-corrected chi connectivity index (χ2v) is 11.9. The maximum Gasteiger partial charge on any atom is 0.264 e. The van der Waals surface area contributed by atoms with Crippen LogP contribution in [0.1, 0.15) is 48.9 Å². The monoisotopic (exact) mass is 567 g/mol. The van der Waals surface area contributed by atoms with E-state index in [0.29, 0.717) is 17.8 Å². The van der Waals surface area contributed by atoms with Crippen molar-refractivity contribution in [2.75, 3.05) is 17.4 Å². The highest BCUT2D eigenvalue weighted by Crippen LogP contribution is 2.27. The van der Waals surface area contributed by atoms with Crippen LogP contribution >= 0.6 is 0 Å². The van der Waals surface area contributed by atoms with Gasteiger partial charge in [-0.05, 0) is 87.2 Å². The zero-order valence-electron chi connectivity index (χ0n) is 23.8. The summed E-state index contributed by atoms with van der Waals surface area (Å²) in [5.41, 5.74) is 3.72. The molecule has 2 amide bonds. The number of anilines is 1. The molecule has 9 heteroatoms. The third kappa shape index (κ3) is 7.69. The molecule has 0 aliphatic rings. The topological polar surface area (TPSA) is 86.8 Å². The van der Waals surface area contributed by atoms with Crippen molar-refractivity contribution in [3.63, 3.8) is 0 Å². The van der Waals surface area contributed by atoms with Crippen LogP contribution in [-0.2, 0) is 26.2 Å². The lowest BCUT2D eigenvalue weighted by Crippen LogP contribution is -2.51. The summed E-state index contributed by atoms with van der Waals surface area (Å²) in [5.74, 6) is -1.32. The molecule has 214 valence electrons. The Morgan fingerprint density at radius 2 is 1.57 bits per heavy atom. The van der Waals surface area contributed by atoms with Crippen LogP contribution in [0, 0.1) is 26.6 Å². The third-order valence-corrected chi connectivity index (χ3v) is 8.72. The van der Waals surface area contributed by atoms with Crippen molar-refractivity contribution < 1.29 is 22.4 Å². The molecule has 0 heterocycles. The van der Waals surface area contributed by atoms with E-state index >= 15 is 0 Å². The molecule has 3 aromatic carbocycles. The second-order valence-electron chi connectivity index (χ2n) is 10.1. The molecule has 0 spiro atoms. The molecule has 3 aromatic rings. The van der Waals surface area contributed by atoms with Crippen LogP contribution < -0.4 is 9.62 Å². The van der Waals surface area contributed by atoms with Gasteiger partial charge in [0.15, 0.2) is 0 Å². The lowest BCUT2D eigenvalue weighted by atomic mass is 10.1. The Bertz CT molecular complexity index is 1420. The Balaban J connectivity index is 2.02. The van der Waals surface area contributed by atoms with Gasteiger partial charge in [0.1, 0.15) is 18.4 Å². The first-order valence-electron chi connectivity index (χ1n) is 13.4. The molecule has 0 aliphatic carbocycles. The number of aryl methyl sites for hydroxylation is 3. The fraction of sp³-hybridized carbons (Fsp3) is 0.355. The summed E-state index contributed by atoms with van der Waals surface area (Å²) >= 11 is 0. The number of hydrogen-bond acceptors (Lipinski definition) is 4. The normalized spacial score (nSPS) is 12.1. The lowest BCUT2D eigenvalue weighted by molar-refractivity contribution is -0.139. The first kappa shape index (κ1) is 30.8. The average Bonchev–Trinajstić information content (AvgIpc) is 2.92. The van der Waals surface area contributed by atoms with Crippen molar-refractivity contribution in [1.82, 2.24) is 10.2 Å². The predicted octanol–water partition coefficient (Wildman–Crippen LogP) is 5.28. The number of amides is 2. The molecule has 0 unspecified atom stereocenters. The zero-order valence-corrected chi connectivity index (χ0v) is 24.6. The highest BCUT2D eigenvalue weighted by atomic mass is 32.2. The van der Waals surface area contributed by atoms with Gasteiger partial charge in [-0.2, -0.15) is 0 Å². The quantitative estimate of drug-likeness (QED) is 0.302. The van der Waals surface area contributed by atoms with Crippen molar-refractivity contribution in [3.8, 4) is 0 Å². The molecule has 0 aromatic heterocycles. The Hall–Kier alpha value is -3.72. The van der Waals surface area contributed by atoms with Gasteiger partial charge >= 0.3 is 0 Å². The molecule has 0 saturated carbocycles. The average molecular weight is 568 g/mol. The zero-order chi connectivity index (χ0) is 29.4. The van der Waals surface area contributed by atoms with Gasteiger partial charge in [-0.15, -0.1) is 0 Å². The van der Waals surface area contributed by atoms with E-state index in [-0.39, 0.29) is 17.3 Å². The Kier molecular flexibility index (Phi) is 10.5. The third-order valence-electron chi connectivity index (χ3n) is 6.93. The summed E-state index contributed by atoms with van der Waals surface area (Å²) in [6, 6.07) is 16.4. The molecule has 0 saturated heterocycles. The van der Waals surface area contributed by atoms with Crippen molar-refractivity contribution >= 4 is 27.5 Å². The van der Waals surface area contributed by atoms with E-state index in [4.69, 9.17) is 0 Å². The van der Waals surface area contributed by atoms with E-state index in [9.17, 15) is 22.4 Å². The highest BCUT2D eigenvalue weighted by Gasteiger charge is 2.32. The number of carbonyl (C=O) groups excluding carboxylic acids is 2. The van der Waals surface area contributed by atoms with Gasteiger partial charge in [-0.3, -0.25) is 13.9 Å². The fourth-order valence-corrected chi connectivity index (χ4v) is 5.56. The number of nitrogens with zero attached hydrogens (tertiary/aromatic N) is 2. The van der Waals surface area contributed by atoms with E-state index < -0.39 is 34.3 Å². The van der Waals surface area contributed by atoms with Gasteiger partial charge in [0.2, 0.25) is 11.8 Å². The Morgan fingerprint density at radius 1 is 0.925 bits per heavy atom. The molecule has 0 radical (unpaired) electrons. The molecule has 0 aliphatic heterocycles. The fourth-order valence-electron chi connectivity index (χ4n) is 4.15. The second kappa shape index (κ2) is 13.6. The first-order valence-corrected chi connectivity index (χ1v) is 14.9. The first-order chi connectivity index (χ1) is 18.9. The summed E-state index contributed by atoms with van der Waals surface area (Å²) < 4.78 is 42.5. The number of halogens is 1. The molecular weight excluding hydrogens is 529 g/mol. The number of benzene rings is 3. The molecule has 0 fully saturated rings. The Morgan fingerprint density at radius 3 is 2.17 bits per heavy atom. The molecule has 7 nitrogen and oxygen atoms in total. The molecule has 1 N–H and O–H groups in total. The Labute approximate surface area is 237 Å². The van der Waals surface area contributed by atoms with Crippen LogP contribution in [-0.4, -0.2) is 44.3 Å². The molecule has 40 heavy (non-hydrogen) atoms. The highest BCUT2D eigenvalue weighted by molar-refractivity contribution is 7.92. The van der Waals surface area contributed by atoms with Gasteiger partial charge in [-0.1, -0.05) is 49.2 Å². The summed E-state index contributed by atoms with van der Waals surface area (Å²) in [5, 5.41) is 2.85. The summed E-state index contributed by atoms with van der Waals surface area (Å²) in [4.78, 5) is 28.3. The molecular formula is C31H38FN3O4S. The van der Waals surface area contributed by atoms with Gasteiger partial charge in [-0.25, -0.2) is 12.8 Å². The maximum atomic E-state index is 13.9. The summed E-state index contributed by atoms with van der Waals surface area (Å²) in [6.45, 7) is 9.23. The van der Waals surface area contributed by atoms with Crippen LogP contribution in [0.4, 0.5) is 10.1 Å². The van der Waals surface area contributed by atoms with Crippen molar-refractivity contribution in [3.05, 3.63) is 94.8 Å². The van der Waals surface area contributed by atoms with E-state index in [1.54, 1.807) is 43.3 Å². The SMILES string of the molecule is CCCCNC(=O)[C@@H](C)N(Cc1ccc(F)cc1)C(=O)CN(c1ccc(C)c(C)c1)S(=O)(=O)c1ccc(C)cc1. The lowest BCUT2D eigenvalue weighted by Gasteiger charge is -2.32. The molecule has 0 bridgehead atoms. The summed E-state index contributed by atoms with van der Waals surface area (Å²) in [6.07, 6.45) is 1.69. The van der Waals surface area contributed by atoms with E-state index in [1.165, 1.54) is 29.2 Å². The van der Waals surface area contributed by atoms with Crippen molar-refractivity contribution in [2.45, 2.75) is 64.9 Å². The minimum absolute atomic E-state index is 0.00677. The van der Waals surface area contributed by atoms with Crippen molar-refractivity contribution in [1.29, 1.82) is 0 Å². The van der Waals surface area contributed by atoms with Gasteiger partial charge in [0, 0.05) is 13.1 Å². The van der Waals surface area contributed by atoms with Crippen LogP contribution in [0.15, 0.2) is 71.6 Å². The standard InChI is InChI=1S/C31H38FN3O4S/c1-6-7-18-33-31(37)25(5)34(20-26-11-13-27(32)14-12-26)30(36)21-35(28-15-10-23(3)24(4)19-28)40(38,39)29-16-8-22(2)9-17-29/h8-17,19,25H,6-7,18,20-21H2,1-5H3,(H,33,37)/t25-/m1/s1. The summed E-state index contributed by atoms with van der Waals surface area (Å²) in [7, 11) is -4.14. The number of nitrogens with one attached hydrogen (secondary N) is 1. The predicted molar refractivity (Wildman–Crippen MR) is 156 cm³/mol. The number of rotatable bonds is 12. The smallest absolute Gasteiger partial charge is 0.264 e. The minimum atomic E-state index is -4.14. The number of unbranched alkanes of at least 4 members (excludes halogenated alkanes) is 1.